The van der Waals surface area contributed by atoms with Crippen molar-refractivity contribution in [1.29, 1.82) is 0 Å². The minimum absolute atomic E-state index is 0.101. The SMILES string of the molecule is NS(=O)(=O)CCNc1ccc([N+](=O)[O-])cn1. The van der Waals surface area contributed by atoms with Gasteiger partial charge in [0, 0.05) is 12.6 Å². The summed E-state index contributed by atoms with van der Waals surface area (Å²) in [7, 11) is -3.51. The monoisotopic (exact) mass is 246 g/mol. The highest BCUT2D eigenvalue weighted by atomic mass is 32.2. The van der Waals surface area contributed by atoms with Gasteiger partial charge in [0.05, 0.1) is 10.7 Å². The quantitative estimate of drug-likeness (QED) is 0.541. The van der Waals surface area contributed by atoms with E-state index in [0.717, 1.165) is 6.20 Å². The van der Waals surface area contributed by atoms with Crippen molar-refractivity contribution in [2.45, 2.75) is 0 Å². The lowest BCUT2D eigenvalue weighted by Gasteiger charge is -2.03. The largest absolute Gasteiger partial charge is 0.369 e. The number of sulfonamides is 1. The van der Waals surface area contributed by atoms with E-state index in [1.165, 1.54) is 12.1 Å². The van der Waals surface area contributed by atoms with Crippen LogP contribution in [0.3, 0.4) is 0 Å². The zero-order chi connectivity index (χ0) is 12.2. The molecule has 0 saturated carbocycles. The van der Waals surface area contributed by atoms with Crippen LogP contribution in [0.4, 0.5) is 11.5 Å². The molecule has 0 bridgehead atoms. The van der Waals surface area contributed by atoms with Gasteiger partial charge >= 0.3 is 0 Å². The maximum atomic E-state index is 10.6. The molecule has 9 heteroatoms. The Labute approximate surface area is 91.7 Å². The number of hydrogen-bond donors (Lipinski definition) is 2. The molecule has 0 aliphatic rings. The Morgan fingerprint density at radius 3 is 2.62 bits per heavy atom. The van der Waals surface area contributed by atoms with Gasteiger partial charge in [-0.2, -0.15) is 0 Å². The lowest BCUT2D eigenvalue weighted by atomic mass is 10.4. The van der Waals surface area contributed by atoms with Gasteiger partial charge in [-0.05, 0) is 6.07 Å². The highest BCUT2D eigenvalue weighted by Crippen LogP contribution is 2.11. The van der Waals surface area contributed by atoms with Gasteiger partial charge < -0.3 is 5.32 Å². The van der Waals surface area contributed by atoms with Crippen LogP contribution in [0.25, 0.3) is 0 Å². The molecule has 1 aromatic rings. The number of rotatable bonds is 5. The van der Waals surface area contributed by atoms with Crippen molar-refractivity contribution in [3.05, 3.63) is 28.4 Å². The van der Waals surface area contributed by atoms with Crippen molar-refractivity contribution in [2.75, 3.05) is 17.6 Å². The van der Waals surface area contributed by atoms with Crippen LogP contribution >= 0.6 is 0 Å². The number of nitro groups is 1. The van der Waals surface area contributed by atoms with Crippen molar-refractivity contribution in [3.8, 4) is 0 Å². The zero-order valence-electron chi connectivity index (χ0n) is 8.16. The number of aromatic nitrogens is 1. The average molecular weight is 246 g/mol. The van der Waals surface area contributed by atoms with Gasteiger partial charge in [0.1, 0.15) is 12.0 Å². The van der Waals surface area contributed by atoms with Crippen LogP contribution in [0.5, 0.6) is 0 Å². The van der Waals surface area contributed by atoms with Gasteiger partial charge in [-0.1, -0.05) is 0 Å². The van der Waals surface area contributed by atoms with Gasteiger partial charge in [0.25, 0.3) is 5.69 Å². The van der Waals surface area contributed by atoms with Crippen LogP contribution in [0.2, 0.25) is 0 Å². The summed E-state index contributed by atoms with van der Waals surface area (Å²) in [6, 6.07) is 2.66. The van der Waals surface area contributed by atoms with E-state index in [1.807, 2.05) is 0 Å². The van der Waals surface area contributed by atoms with E-state index in [4.69, 9.17) is 5.14 Å². The molecule has 0 aromatic carbocycles. The smallest absolute Gasteiger partial charge is 0.287 e. The summed E-state index contributed by atoms with van der Waals surface area (Å²) in [6.07, 6.45) is 1.08. The molecular formula is C7H10N4O4S. The van der Waals surface area contributed by atoms with Crippen molar-refractivity contribution >= 4 is 21.5 Å². The second kappa shape index (κ2) is 4.86. The topological polar surface area (TPSA) is 128 Å². The molecule has 0 unspecified atom stereocenters. The minimum atomic E-state index is -3.51. The fraction of sp³-hybridized carbons (Fsp3) is 0.286. The lowest BCUT2D eigenvalue weighted by Crippen LogP contribution is -2.22. The summed E-state index contributed by atoms with van der Waals surface area (Å²) in [5, 5.41) is 17.8. The Morgan fingerprint density at radius 2 is 2.19 bits per heavy atom. The first-order valence-electron chi connectivity index (χ1n) is 4.23. The fourth-order valence-electron chi connectivity index (χ4n) is 0.920. The van der Waals surface area contributed by atoms with E-state index in [-0.39, 0.29) is 18.0 Å². The molecule has 0 spiro atoms. The molecule has 0 fully saturated rings. The Hall–Kier alpha value is -1.74. The summed E-state index contributed by atoms with van der Waals surface area (Å²) in [5.41, 5.74) is -0.128. The van der Waals surface area contributed by atoms with Crippen LogP contribution < -0.4 is 10.5 Å². The van der Waals surface area contributed by atoms with Gasteiger partial charge in [0.15, 0.2) is 0 Å². The first-order chi connectivity index (χ1) is 7.38. The van der Waals surface area contributed by atoms with Gasteiger partial charge in [-0.3, -0.25) is 10.1 Å². The van der Waals surface area contributed by atoms with Crippen molar-refractivity contribution in [2.24, 2.45) is 5.14 Å². The van der Waals surface area contributed by atoms with Crippen molar-refractivity contribution < 1.29 is 13.3 Å². The normalized spacial score (nSPS) is 11.1. The highest BCUT2D eigenvalue weighted by Gasteiger charge is 2.06. The molecule has 3 N–H and O–H groups in total. The molecule has 0 atom stereocenters. The second-order valence-corrected chi connectivity index (χ2v) is 4.69. The zero-order valence-corrected chi connectivity index (χ0v) is 8.98. The molecule has 16 heavy (non-hydrogen) atoms. The molecule has 88 valence electrons. The minimum Gasteiger partial charge on any atom is -0.369 e. The third kappa shape index (κ3) is 4.19. The molecule has 8 nitrogen and oxygen atoms in total. The second-order valence-electron chi connectivity index (χ2n) is 2.95. The third-order valence-corrected chi connectivity index (χ3v) is 2.42. The van der Waals surface area contributed by atoms with Gasteiger partial charge in [-0.25, -0.2) is 18.5 Å². The molecule has 0 radical (unpaired) electrons. The molecular weight excluding hydrogens is 236 g/mol. The van der Waals surface area contributed by atoms with Crippen LogP contribution in [0.15, 0.2) is 18.3 Å². The molecule has 0 aliphatic carbocycles. The van der Waals surface area contributed by atoms with Crippen molar-refractivity contribution in [3.63, 3.8) is 0 Å². The highest BCUT2D eigenvalue weighted by molar-refractivity contribution is 7.89. The van der Waals surface area contributed by atoms with E-state index in [1.54, 1.807) is 0 Å². The van der Waals surface area contributed by atoms with Crippen LogP contribution in [-0.4, -0.2) is 30.6 Å². The molecule has 0 amide bonds. The van der Waals surface area contributed by atoms with E-state index in [2.05, 4.69) is 10.3 Å². The summed E-state index contributed by atoms with van der Waals surface area (Å²) >= 11 is 0. The number of primary sulfonamides is 1. The molecule has 0 aliphatic heterocycles. The average Bonchev–Trinajstić information content (AvgIpc) is 2.16. The maximum absolute atomic E-state index is 10.6. The number of nitrogens with zero attached hydrogens (tertiary/aromatic N) is 2. The van der Waals surface area contributed by atoms with Crippen LogP contribution in [0, 0.1) is 10.1 Å². The van der Waals surface area contributed by atoms with Crippen molar-refractivity contribution in [1.82, 2.24) is 4.98 Å². The third-order valence-electron chi connectivity index (χ3n) is 1.65. The van der Waals surface area contributed by atoms with E-state index in [9.17, 15) is 18.5 Å². The lowest BCUT2D eigenvalue weighted by molar-refractivity contribution is -0.385. The van der Waals surface area contributed by atoms with E-state index in [0.29, 0.717) is 5.82 Å². The molecule has 1 heterocycles. The first-order valence-corrected chi connectivity index (χ1v) is 5.95. The number of hydrogen-bond acceptors (Lipinski definition) is 6. The predicted molar refractivity (Wildman–Crippen MR) is 57.4 cm³/mol. The number of pyridine rings is 1. The number of anilines is 1. The number of nitrogens with two attached hydrogens (primary N) is 1. The predicted octanol–water partition coefficient (Wildman–Crippen LogP) is -0.310. The number of nitrogens with one attached hydrogen (secondary N) is 1. The van der Waals surface area contributed by atoms with E-state index < -0.39 is 14.9 Å². The first kappa shape index (κ1) is 12.3. The Morgan fingerprint density at radius 1 is 1.50 bits per heavy atom. The van der Waals surface area contributed by atoms with Crippen LogP contribution in [0.1, 0.15) is 0 Å². The standard InChI is InChI=1S/C7H10N4O4S/c8-16(14,15)4-3-9-7-2-1-6(5-10-7)11(12)13/h1-2,5H,3-4H2,(H,9,10)(H2,8,14,15). The maximum Gasteiger partial charge on any atom is 0.287 e. The summed E-state index contributed by atoms with van der Waals surface area (Å²) < 4.78 is 21.2. The summed E-state index contributed by atoms with van der Waals surface area (Å²) in [4.78, 5) is 13.5. The van der Waals surface area contributed by atoms with E-state index >= 15 is 0 Å². The summed E-state index contributed by atoms with van der Waals surface area (Å²) in [5.74, 6) is 0.125. The van der Waals surface area contributed by atoms with Crippen LogP contribution in [-0.2, 0) is 10.0 Å². The summed E-state index contributed by atoms with van der Waals surface area (Å²) in [6.45, 7) is 0.101. The Balaban J connectivity index is 2.53. The fourth-order valence-corrected chi connectivity index (χ4v) is 1.31. The Bertz CT molecular complexity index is 470. The molecule has 1 aromatic heterocycles. The van der Waals surface area contributed by atoms with Gasteiger partial charge in [-0.15, -0.1) is 0 Å². The molecule has 1 rings (SSSR count). The Kier molecular flexibility index (Phi) is 3.74. The van der Waals surface area contributed by atoms with Gasteiger partial charge in [0.2, 0.25) is 10.0 Å². The molecule has 0 saturated heterocycles.